The number of sulfonamides is 1. The molecule has 2 N–H and O–H groups in total. The molecule has 0 atom stereocenters. The van der Waals surface area contributed by atoms with Crippen LogP contribution in [0.25, 0.3) is 0 Å². The quantitative estimate of drug-likeness (QED) is 0.774. The summed E-state index contributed by atoms with van der Waals surface area (Å²) in [5.41, 5.74) is 0.973. The summed E-state index contributed by atoms with van der Waals surface area (Å²) in [6.07, 6.45) is 0.544. The van der Waals surface area contributed by atoms with Crippen molar-refractivity contribution in [2.45, 2.75) is 20.3 Å². The second kappa shape index (κ2) is 4.53. The Kier molecular flexibility index (Phi) is 3.57. The fraction of sp³-hybridized carbons (Fsp3) is 0.400. The number of para-hydroxylation sites is 1. The summed E-state index contributed by atoms with van der Waals surface area (Å²) in [6, 6.07) is 4.86. The smallest absolute Gasteiger partial charge is 0.232 e. The normalized spacial score (nSPS) is 11.3. The van der Waals surface area contributed by atoms with E-state index >= 15 is 0 Å². The fourth-order valence-corrected chi connectivity index (χ4v) is 2.48. The predicted molar refractivity (Wildman–Crippen MR) is 60.5 cm³/mol. The number of hydrogen-bond donors (Lipinski definition) is 2. The van der Waals surface area contributed by atoms with Crippen LogP contribution in [0.15, 0.2) is 18.2 Å². The van der Waals surface area contributed by atoms with Crippen molar-refractivity contribution in [3.63, 3.8) is 0 Å². The minimum atomic E-state index is -3.34. The summed E-state index contributed by atoms with van der Waals surface area (Å²) >= 11 is 0. The molecule has 5 heteroatoms. The first-order chi connectivity index (χ1) is 6.96. The number of aromatic hydroxyl groups is 1. The largest absolute Gasteiger partial charge is 0.506 e. The van der Waals surface area contributed by atoms with E-state index in [2.05, 4.69) is 4.72 Å². The molecular formula is C10H15NO3S. The van der Waals surface area contributed by atoms with Gasteiger partial charge in [0.05, 0.1) is 11.4 Å². The van der Waals surface area contributed by atoms with Crippen molar-refractivity contribution in [2.75, 3.05) is 10.5 Å². The summed E-state index contributed by atoms with van der Waals surface area (Å²) in [5.74, 6) is 0.00973. The van der Waals surface area contributed by atoms with Crippen LogP contribution in [0, 0.1) is 6.92 Å². The van der Waals surface area contributed by atoms with Crippen molar-refractivity contribution >= 4 is 15.7 Å². The third-order valence-corrected chi connectivity index (χ3v) is 3.44. The highest BCUT2D eigenvalue weighted by molar-refractivity contribution is 7.92. The molecule has 0 fully saturated rings. The van der Waals surface area contributed by atoms with Gasteiger partial charge in [-0.2, -0.15) is 0 Å². The van der Waals surface area contributed by atoms with Gasteiger partial charge in [-0.15, -0.1) is 0 Å². The number of nitrogens with one attached hydrogen (secondary N) is 1. The molecule has 0 unspecified atom stereocenters. The molecule has 0 amide bonds. The van der Waals surface area contributed by atoms with Crippen LogP contribution in [-0.2, 0) is 10.0 Å². The zero-order chi connectivity index (χ0) is 11.5. The van der Waals surface area contributed by atoms with Gasteiger partial charge in [0.2, 0.25) is 10.0 Å². The van der Waals surface area contributed by atoms with Crippen LogP contribution in [0.2, 0.25) is 0 Å². The Bertz CT molecular complexity index is 420. The first-order valence-corrected chi connectivity index (χ1v) is 6.40. The summed E-state index contributed by atoms with van der Waals surface area (Å²) < 4.78 is 25.3. The second-order valence-electron chi connectivity index (χ2n) is 3.39. The van der Waals surface area contributed by atoms with Crippen LogP contribution in [0.3, 0.4) is 0 Å². The average molecular weight is 229 g/mol. The first-order valence-electron chi connectivity index (χ1n) is 4.75. The highest BCUT2D eigenvalue weighted by atomic mass is 32.2. The maximum Gasteiger partial charge on any atom is 0.232 e. The third kappa shape index (κ3) is 3.13. The van der Waals surface area contributed by atoms with Gasteiger partial charge in [-0.25, -0.2) is 8.42 Å². The second-order valence-corrected chi connectivity index (χ2v) is 5.23. The molecule has 0 bridgehead atoms. The van der Waals surface area contributed by atoms with Crippen LogP contribution in [0.1, 0.15) is 18.9 Å². The Morgan fingerprint density at radius 3 is 2.60 bits per heavy atom. The summed E-state index contributed by atoms with van der Waals surface area (Å²) in [4.78, 5) is 0. The van der Waals surface area contributed by atoms with Gasteiger partial charge in [0.1, 0.15) is 5.75 Å². The topological polar surface area (TPSA) is 66.4 Å². The fourth-order valence-electron chi connectivity index (χ4n) is 1.26. The molecule has 84 valence electrons. The highest BCUT2D eigenvalue weighted by Gasteiger charge is 2.12. The van der Waals surface area contributed by atoms with Gasteiger partial charge in [-0.3, -0.25) is 4.72 Å². The molecule has 1 rings (SSSR count). The Morgan fingerprint density at radius 1 is 1.40 bits per heavy atom. The minimum Gasteiger partial charge on any atom is -0.506 e. The van der Waals surface area contributed by atoms with Gasteiger partial charge in [0.15, 0.2) is 0 Å². The van der Waals surface area contributed by atoms with Crippen LogP contribution >= 0.6 is 0 Å². The van der Waals surface area contributed by atoms with E-state index in [9.17, 15) is 13.5 Å². The first kappa shape index (κ1) is 11.8. The SMILES string of the molecule is CCCS(=O)(=O)Nc1c(C)cccc1O. The van der Waals surface area contributed by atoms with E-state index < -0.39 is 10.0 Å². The monoisotopic (exact) mass is 229 g/mol. The predicted octanol–water partition coefficient (Wildman–Crippen LogP) is 1.85. The minimum absolute atomic E-state index is 0.0466. The molecule has 1 aromatic rings. The van der Waals surface area contributed by atoms with Crippen molar-refractivity contribution < 1.29 is 13.5 Å². The molecule has 15 heavy (non-hydrogen) atoms. The zero-order valence-corrected chi connectivity index (χ0v) is 9.63. The van der Waals surface area contributed by atoms with Crippen molar-refractivity contribution in [2.24, 2.45) is 0 Å². The number of benzene rings is 1. The number of phenolic OH excluding ortho intramolecular Hbond substituents is 1. The van der Waals surface area contributed by atoms with E-state index in [1.165, 1.54) is 6.07 Å². The third-order valence-electron chi connectivity index (χ3n) is 1.98. The maximum absolute atomic E-state index is 11.5. The summed E-state index contributed by atoms with van der Waals surface area (Å²) in [7, 11) is -3.34. The van der Waals surface area contributed by atoms with Gasteiger partial charge in [-0.05, 0) is 25.0 Å². The summed E-state index contributed by atoms with van der Waals surface area (Å²) in [5, 5.41) is 9.50. The van der Waals surface area contributed by atoms with E-state index in [-0.39, 0.29) is 17.2 Å². The van der Waals surface area contributed by atoms with Gasteiger partial charge in [0, 0.05) is 0 Å². The molecule has 0 saturated carbocycles. The lowest BCUT2D eigenvalue weighted by molar-refractivity contribution is 0.477. The molecule has 0 aliphatic carbocycles. The van der Waals surface area contributed by atoms with Crippen LogP contribution in [0.5, 0.6) is 5.75 Å². The van der Waals surface area contributed by atoms with E-state index in [0.717, 1.165) is 0 Å². The molecule has 0 saturated heterocycles. The Morgan fingerprint density at radius 2 is 2.07 bits per heavy atom. The highest BCUT2D eigenvalue weighted by Crippen LogP contribution is 2.27. The van der Waals surface area contributed by atoms with Gasteiger partial charge in [0.25, 0.3) is 0 Å². The number of phenols is 1. The molecule has 0 radical (unpaired) electrons. The lowest BCUT2D eigenvalue weighted by atomic mass is 10.2. The number of aryl methyl sites for hydroxylation is 1. The molecule has 0 aromatic heterocycles. The molecule has 0 heterocycles. The van der Waals surface area contributed by atoms with Crippen LogP contribution in [-0.4, -0.2) is 19.3 Å². The van der Waals surface area contributed by atoms with Crippen molar-refractivity contribution in [3.05, 3.63) is 23.8 Å². The molecule has 0 spiro atoms. The van der Waals surface area contributed by atoms with Gasteiger partial charge < -0.3 is 5.11 Å². The van der Waals surface area contributed by atoms with E-state index in [1.54, 1.807) is 26.0 Å². The molecule has 0 aliphatic heterocycles. The van der Waals surface area contributed by atoms with Crippen LogP contribution < -0.4 is 4.72 Å². The molecule has 1 aromatic carbocycles. The number of hydrogen-bond acceptors (Lipinski definition) is 3. The van der Waals surface area contributed by atoms with Crippen LogP contribution in [0.4, 0.5) is 5.69 Å². The van der Waals surface area contributed by atoms with Crippen molar-refractivity contribution in [1.29, 1.82) is 0 Å². The van der Waals surface area contributed by atoms with E-state index in [0.29, 0.717) is 12.0 Å². The number of anilines is 1. The van der Waals surface area contributed by atoms with Gasteiger partial charge in [-0.1, -0.05) is 19.1 Å². The summed E-state index contributed by atoms with van der Waals surface area (Å²) in [6.45, 7) is 3.53. The standard InChI is InChI=1S/C10H15NO3S/c1-3-7-15(13,14)11-10-8(2)5-4-6-9(10)12/h4-6,11-12H,3,7H2,1-2H3. The van der Waals surface area contributed by atoms with Crippen molar-refractivity contribution in [1.82, 2.24) is 0 Å². The van der Waals surface area contributed by atoms with E-state index in [1.807, 2.05) is 0 Å². The van der Waals surface area contributed by atoms with E-state index in [4.69, 9.17) is 0 Å². The lowest BCUT2D eigenvalue weighted by Crippen LogP contribution is -2.16. The van der Waals surface area contributed by atoms with Gasteiger partial charge >= 0.3 is 0 Å². The maximum atomic E-state index is 11.5. The zero-order valence-electron chi connectivity index (χ0n) is 8.82. The van der Waals surface area contributed by atoms with Crippen molar-refractivity contribution in [3.8, 4) is 5.75 Å². The Balaban J connectivity index is 2.99. The Labute approximate surface area is 90.0 Å². The molecular weight excluding hydrogens is 214 g/mol. The Hall–Kier alpha value is -1.23. The molecule has 4 nitrogen and oxygen atoms in total. The molecule has 0 aliphatic rings. The average Bonchev–Trinajstić information content (AvgIpc) is 2.11. The number of rotatable bonds is 4. The lowest BCUT2D eigenvalue weighted by Gasteiger charge is -2.11.